The molecule has 2 heterocycles. The Labute approximate surface area is 228 Å². The second-order valence-corrected chi connectivity index (χ2v) is 9.96. The van der Waals surface area contributed by atoms with E-state index in [4.69, 9.17) is 22.1 Å². The lowest BCUT2D eigenvalue weighted by Gasteiger charge is -2.44. The van der Waals surface area contributed by atoms with E-state index in [1.165, 1.54) is 54.6 Å². The van der Waals surface area contributed by atoms with Crippen LogP contribution in [-0.2, 0) is 21.6 Å². The van der Waals surface area contributed by atoms with Gasteiger partial charge in [-0.2, -0.15) is 0 Å². The monoisotopic (exact) mass is 554 g/mol. The number of rotatable bonds is 5. The Kier molecular flexibility index (Phi) is 7.24. The molecule has 1 fully saturated rings. The molecule has 5 rings (SSSR count). The number of anilines is 2. The van der Waals surface area contributed by atoms with Crippen LogP contribution < -0.4 is 21.3 Å². The lowest BCUT2D eigenvalue weighted by Crippen LogP contribution is -2.58. The Morgan fingerprint density at radius 2 is 1.92 bits per heavy atom. The minimum atomic E-state index is -1.35. The summed E-state index contributed by atoms with van der Waals surface area (Å²) in [6.45, 7) is 0.804. The fourth-order valence-corrected chi connectivity index (χ4v) is 5.20. The summed E-state index contributed by atoms with van der Waals surface area (Å²) in [6, 6.07) is 12.8. The Balaban J connectivity index is 1.55. The standard InChI is InChI=1S/C28H25ClF2N4O4/c29-20-9-10-22-23(24(20)31)28(11-2-12-33-15-28)39-27(38)35(22)26(37)21(14-16-3-1-4-18(30)13-16)34-25(36)17-5-7-19(32)8-6-17/h1,3-10,13,21,33H,2,11-12,14-15,32H2,(H,34,36)/t21-,28-/m0/s1. The van der Waals surface area contributed by atoms with Gasteiger partial charge in [0.25, 0.3) is 11.8 Å². The van der Waals surface area contributed by atoms with Gasteiger partial charge in [0.2, 0.25) is 0 Å². The van der Waals surface area contributed by atoms with E-state index in [2.05, 4.69) is 10.6 Å². The van der Waals surface area contributed by atoms with Crippen LogP contribution >= 0.6 is 11.6 Å². The maximum absolute atomic E-state index is 15.5. The van der Waals surface area contributed by atoms with Gasteiger partial charge >= 0.3 is 6.09 Å². The highest BCUT2D eigenvalue weighted by Crippen LogP contribution is 2.46. The number of imide groups is 1. The number of nitrogens with zero attached hydrogens (tertiary/aromatic N) is 1. The summed E-state index contributed by atoms with van der Waals surface area (Å²) >= 11 is 6.10. The van der Waals surface area contributed by atoms with Gasteiger partial charge in [0.1, 0.15) is 11.9 Å². The molecular weight excluding hydrogens is 530 g/mol. The zero-order chi connectivity index (χ0) is 27.7. The molecule has 2 atom stereocenters. The third kappa shape index (κ3) is 5.17. The van der Waals surface area contributed by atoms with E-state index >= 15 is 4.39 Å². The molecule has 3 amide bonds. The topological polar surface area (TPSA) is 114 Å². The van der Waals surface area contributed by atoms with Crippen LogP contribution in [0.3, 0.4) is 0 Å². The molecule has 2 aliphatic heterocycles. The van der Waals surface area contributed by atoms with Crippen molar-refractivity contribution in [3.8, 4) is 0 Å². The number of nitrogens with two attached hydrogens (primary N) is 1. The molecule has 1 spiro atoms. The second kappa shape index (κ2) is 10.6. The number of benzene rings is 3. The van der Waals surface area contributed by atoms with Gasteiger partial charge in [-0.15, -0.1) is 0 Å². The number of piperidine rings is 1. The predicted octanol–water partition coefficient (Wildman–Crippen LogP) is 4.30. The third-order valence-electron chi connectivity index (χ3n) is 6.90. The summed E-state index contributed by atoms with van der Waals surface area (Å²) in [5, 5.41) is 5.56. The number of ether oxygens (including phenoxy) is 1. The largest absolute Gasteiger partial charge is 0.436 e. The smallest absolute Gasteiger partial charge is 0.422 e. The van der Waals surface area contributed by atoms with Crippen molar-refractivity contribution in [1.82, 2.24) is 10.6 Å². The summed E-state index contributed by atoms with van der Waals surface area (Å²) in [5.74, 6) is -2.83. The van der Waals surface area contributed by atoms with Crippen molar-refractivity contribution in [2.45, 2.75) is 30.9 Å². The van der Waals surface area contributed by atoms with Crippen LogP contribution in [0.4, 0.5) is 25.0 Å². The van der Waals surface area contributed by atoms with Crippen molar-refractivity contribution in [2.75, 3.05) is 23.7 Å². The molecule has 3 aromatic rings. The molecule has 3 aromatic carbocycles. The van der Waals surface area contributed by atoms with Crippen molar-refractivity contribution in [2.24, 2.45) is 0 Å². The average molecular weight is 555 g/mol. The van der Waals surface area contributed by atoms with Gasteiger partial charge in [-0.25, -0.2) is 18.5 Å². The maximum Gasteiger partial charge on any atom is 0.422 e. The van der Waals surface area contributed by atoms with E-state index < -0.39 is 41.2 Å². The number of hydrogen-bond donors (Lipinski definition) is 3. The molecule has 0 bridgehead atoms. The van der Waals surface area contributed by atoms with Gasteiger partial charge in [-0.05, 0) is 73.5 Å². The number of halogens is 3. The molecule has 202 valence electrons. The number of fused-ring (bicyclic) bond motifs is 2. The van der Waals surface area contributed by atoms with Gasteiger partial charge in [0, 0.05) is 24.2 Å². The molecule has 39 heavy (non-hydrogen) atoms. The van der Waals surface area contributed by atoms with Crippen LogP contribution in [0.5, 0.6) is 0 Å². The van der Waals surface area contributed by atoms with Crippen molar-refractivity contribution in [3.63, 3.8) is 0 Å². The third-order valence-corrected chi connectivity index (χ3v) is 7.20. The summed E-state index contributed by atoms with van der Waals surface area (Å²) in [7, 11) is 0. The van der Waals surface area contributed by atoms with Crippen molar-refractivity contribution in [3.05, 3.63) is 94.0 Å². The first-order chi connectivity index (χ1) is 18.7. The zero-order valence-electron chi connectivity index (χ0n) is 20.7. The van der Waals surface area contributed by atoms with Crippen LogP contribution in [0.2, 0.25) is 5.02 Å². The van der Waals surface area contributed by atoms with Crippen molar-refractivity contribution < 1.29 is 27.9 Å². The van der Waals surface area contributed by atoms with E-state index in [1.807, 2.05) is 0 Å². The summed E-state index contributed by atoms with van der Waals surface area (Å²) < 4.78 is 35.2. The highest BCUT2D eigenvalue weighted by atomic mass is 35.5. The van der Waals surface area contributed by atoms with Crippen LogP contribution in [-0.4, -0.2) is 37.0 Å². The van der Waals surface area contributed by atoms with Gasteiger partial charge < -0.3 is 21.1 Å². The van der Waals surface area contributed by atoms with Gasteiger partial charge in [-0.1, -0.05) is 23.7 Å². The van der Waals surface area contributed by atoms with Crippen LogP contribution in [0.1, 0.15) is 34.3 Å². The zero-order valence-corrected chi connectivity index (χ0v) is 21.4. The van der Waals surface area contributed by atoms with Crippen molar-refractivity contribution in [1.29, 1.82) is 0 Å². The van der Waals surface area contributed by atoms with E-state index in [0.29, 0.717) is 35.5 Å². The predicted molar refractivity (Wildman–Crippen MR) is 141 cm³/mol. The van der Waals surface area contributed by atoms with Crippen molar-refractivity contribution >= 4 is 40.9 Å². The number of carbonyl (C=O) groups is 3. The summed E-state index contributed by atoms with van der Waals surface area (Å²) in [4.78, 5) is 41.2. The molecule has 0 aromatic heterocycles. The fourth-order valence-electron chi connectivity index (χ4n) is 5.04. The number of nitrogen functional groups attached to an aromatic ring is 1. The Hall–Kier alpha value is -4.02. The Bertz CT molecular complexity index is 1440. The molecule has 0 unspecified atom stereocenters. The summed E-state index contributed by atoms with van der Waals surface area (Å²) in [6.07, 6.45) is -0.228. The lowest BCUT2D eigenvalue weighted by molar-refractivity contribution is -0.120. The van der Waals surface area contributed by atoms with E-state index in [9.17, 15) is 18.8 Å². The quantitative estimate of drug-likeness (QED) is 0.405. The highest BCUT2D eigenvalue weighted by Gasteiger charge is 2.50. The molecule has 0 radical (unpaired) electrons. The molecule has 2 aliphatic rings. The van der Waals surface area contributed by atoms with Crippen LogP contribution in [0, 0.1) is 11.6 Å². The number of hydrogen-bond acceptors (Lipinski definition) is 6. The molecule has 8 nitrogen and oxygen atoms in total. The van der Waals surface area contributed by atoms with Gasteiger partial charge in [0.15, 0.2) is 11.4 Å². The minimum absolute atomic E-state index is 0.00971. The molecule has 0 saturated carbocycles. The fraction of sp³-hybridized carbons (Fsp3) is 0.250. The molecular formula is C28H25ClF2N4O4. The van der Waals surface area contributed by atoms with E-state index in [1.54, 1.807) is 6.07 Å². The van der Waals surface area contributed by atoms with E-state index in [-0.39, 0.29) is 34.8 Å². The maximum atomic E-state index is 15.5. The lowest BCUT2D eigenvalue weighted by atomic mass is 9.83. The first-order valence-corrected chi connectivity index (χ1v) is 12.7. The Morgan fingerprint density at radius 1 is 1.15 bits per heavy atom. The van der Waals surface area contributed by atoms with Gasteiger partial charge in [-0.3, -0.25) is 9.59 Å². The molecule has 1 saturated heterocycles. The van der Waals surface area contributed by atoms with Crippen LogP contribution in [0.25, 0.3) is 0 Å². The first kappa shape index (κ1) is 26.6. The Morgan fingerprint density at radius 3 is 2.62 bits per heavy atom. The number of nitrogens with one attached hydrogen (secondary N) is 2. The van der Waals surface area contributed by atoms with Crippen LogP contribution in [0.15, 0.2) is 60.7 Å². The average Bonchev–Trinajstić information content (AvgIpc) is 2.91. The highest BCUT2D eigenvalue weighted by molar-refractivity contribution is 6.31. The molecule has 11 heteroatoms. The molecule has 0 aliphatic carbocycles. The number of carbonyl (C=O) groups excluding carboxylic acids is 3. The van der Waals surface area contributed by atoms with Gasteiger partial charge in [0.05, 0.1) is 16.3 Å². The SMILES string of the molecule is Nc1ccc(C(=O)N[C@@H](Cc2cccc(F)c2)C(=O)N2C(=O)O[C@]3(CCCNC3)c3c2ccc(Cl)c3F)cc1. The first-order valence-electron chi connectivity index (χ1n) is 12.4. The minimum Gasteiger partial charge on any atom is -0.436 e. The normalized spacial score (nSPS) is 19.3. The molecule has 4 N–H and O–H groups in total. The number of amides is 3. The summed E-state index contributed by atoms with van der Waals surface area (Å²) in [5.41, 5.74) is 5.39. The van der Waals surface area contributed by atoms with E-state index in [0.717, 1.165) is 0 Å². The second-order valence-electron chi connectivity index (χ2n) is 9.55.